The summed E-state index contributed by atoms with van der Waals surface area (Å²) in [5, 5.41) is 9.32. The normalized spacial score (nSPS) is 10.6. The van der Waals surface area contributed by atoms with Crippen LogP contribution in [0.4, 0.5) is 11.5 Å². The number of nitrogen functional groups attached to an aromatic ring is 2. The van der Waals surface area contributed by atoms with Crippen LogP contribution in [0.2, 0.25) is 10.0 Å². The van der Waals surface area contributed by atoms with Gasteiger partial charge in [-0.2, -0.15) is 0 Å². The second-order valence-corrected chi connectivity index (χ2v) is 6.73. The maximum atomic E-state index is 8.47. The number of anilines is 2. The van der Waals surface area contributed by atoms with E-state index < -0.39 is 0 Å². The number of nitrogens with one attached hydrogen (secondary N) is 1. The maximum absolute atomic E-state index is 8.47. The van der Waals surface area contributed by atoms with Gasteiger partial charge in [-0.25, -0.2) is 4.98 Å². The average molecular weight is 402 g/mol. The number of hydrogen-bond donors (Lipinski definition) is 3. The standard InChI is InChI=1S/C19H17Cl2N5O/c1-10-4-11(6-26-19(10)24)18(23)13-5-12(2-3-17(13)22)27-9-14-15(20)7-25-8-16(14)21/h2-8,23H,9,22H2,1H3,(H2,24,26). The second kappa shape index (κ2) is 7.82. The molecule has 0 atom stereocenters. The van der Waals surface area contributed by atoms with E-state index in [1.54, 1.807) is 30.5 Å². The van der Waals surface area contributed by atoms with Crippen LogP contribution >= 0.6 is 23.2 Å². The highest BCUT2D eigenvalue weighted by Crippen LogP contribution is 2.27. The number of hydrogen-bond acceptors (Lipinski definition) is 6. The van der Waals surface area contributed by atoms with Crippen LogP contribution in [0.1, 0.15) is 22.3 Å². The molecule has 0 aliphatic rings. The number of halogens is 2. The van der Waals surface area contributed by atoms with E-state index in [1.165, 1.54) is 12.4 Å². The van der Waals surface area contributed by atoms with E-state index in [0.29, 0.717) is 44.0 Å². The summed E-state index contributed by atoms with van der Waals surface area (Å²) in [6, 6.07) is 6.91. The number of ether oxygens (including phenoxy) is 1. The van der Waals surface area contributed by atoms with Crippen LogP contribution in [-0.2, 0) is 6.61 Å². The highest BCUT2D eigenvalue weighted by atomic mass is 35.5. The molecule has 2 aromatic heterocycles. The van der Waals surface area contributed by atoms with Crippen molar-refractivity contribution < 1.29 is 4.74 Å². The first-order chi connectivity index (χ1) is 12.9. The fourth-order valence-electron chi connectivity index (χ4n) is 2.45. The molecule has 0 aliphatic carbocycles. The molecule has 0 saturated carbocycles. The molecule has 2 heterocycles. The second-order valence-electron chi connectivity index (χ2n) is 5.92. The minimum absolute atomic E-state index is 0.166. The van der Waals surface area contributed by atoms with E-state index in [9.17, 15) is 0 Å². The van der Waals surface area contributed by atoms with Crippen molar-refractivity contribution in [1.29, 1.82) is 5.41 Å². The molecule has 5 N–H and O–H groups in total. The van der Waals surface area contributed by atoms with E-state index in [0.717, 1.165) is 5.56 Å². The third kappa shape index (κ3) is 4.13. The zero-order chi connectivity index (χ0) is 19.6. The molecule has 0 spiro atoms. The first-order valence-electron chi connectivity index (χ1n) is 7.98. The molecule has 0 aliphatic heterocycles. The highest BCUT2D eigenvalue weighted by molar-refractivity contribution is 6.35. The van der Waals surface area contributed by atoms with Crippen molar-refractivity contribution in [3.63, 3.8) is 0 Å². The monoisotopic (exact) mass is 401 g/mol. The molecule has 3 aromatic rings. The van der Waals surface area contributed by atoms with Crippen LogP contribution in [0.3, 0.4) is 0 Å². The van der Waals surface area contributed by atoms with E-state index in [-0.39, 0.29) is 12.3 Å². The summed E-state index contributed by atoms with van der Waals surface area (Å²) in [6.07, 6.45) is 4.56. The summed E-state index contributed by atoms with van der Waals surface area (Å²) in [6.45, 7) is 2.00. The van der Waals surface area contributed by atoms with Gasteiger partial charge in [-0.05, 0) is 36.8 Å². The molecule has 0 unspecified atom stereocenters. The fourth-order valence-corrected chi connectivity index (χ4v) is 2.92. The van der Waals surface area contributed by atoms with Crippen LogP contribution < -0.4 is 16.2 Å². The Kier molecular flexibility index (Phi) is 5.48. The first-order valence-corrected chi connectivity index (χ1v) is 8.74. The molecule has 1 aromatic carbocycles. The number of nitrogens with two attached hydrogens (primary N) is 2. The summed E-state index contributed by atoms with van der Waals surface area (Å²) in [5.74, 6) is 0.968. The van der Waals surface area contributed by atoms with Crippen LogP contribution in [0.15, 0.2) is 42.9 Å². The number of aryl methyl sites for hydroxylation is 1. The number of nitrogens with zero attached hydrogens (tertiary/aromatic N) is 2. The lowest BCUT2D eigenvalue weighted by Crippen LogP contribution is -2.08. The molecule has 0 radical (unpaired) electrons. The molecule has 8 heteroatoms. The van der Waals surface area contributed by atoms with E-state index in [1.807, 2.05) is 6.92 Å². The Balaban J connectivity index is 1.86. The summed E-state index contributed by atoms with van der Waals surface area (Å²) >= 11 is 12.2. The Hall–Kier alpha value is -2.83. The van der Waals surface area contributed by atoms with Crippen molar-refractivity contribution in [1.82, 2.24) is 9.97 Å². The molecule has 3 rings (SSSR count). The van der Waals surface area contributed by atoms with Gasteiger partial charge < -0.3 is 16.2 Å². The number of aromatic nitrogens is 2. The van der Waals surface area contributed by atoms with Gasteiger partial charge in [0.2, 0.25) is 0 Å². The lowest BCUT2D eigenvalue weighted by atomic mass is 10.0. The Morgan fingerprint density at radius 2 is 1.81 bits per heavy atom. The summed E-state index contributed by atoms with van der Waals surface area (Å²) in [4.78, 5) is 8.02. The van der Waals surface area contributed by atoms with E-state index in [4.69, 9.17) is 44.8 Å². The number of pyridine rings is 2. The van der Waals surface area contributed by atoms with Crippen LogP contribution in [0.25, 0.3) is 0 Å². The van der Waals surface area contributed by atoms with Crippen molar-refractivity contribution in [3.05, 3.63) is 75.2 Å². The van der Waals surface area contributed by atoms with Crippen LogP contribution in [-0.4, -0.2) is 15.7 Å². The largest absolute Gasteiger partial charge is 0.489 e. The summed E-state index contributed by atoms with van der Waals surface area (Å²) < 4.78 is 5.79. The smallest absolute Gasteiger partial charge is 0.126 e. The van der Waals surface area contributed by atoms with Gasteiger partial charge in [-0.15, -0.1) is 0 Å². The van der Waals surface area contributed by atoms with E-state index >= 15 is 0 Å². The Labute approximate surface area is 166 Å². The van der Waals surface area contributed by atoms with Gasteiger partial charge in [0.15, 0.2) is 0 Å². The molecule has 0 saturated heterocycles. The van der Waals surface area contributed by atoms with Gasteiger partial charge in [0.25, 0.3) is 0 Å². The van der Waals surface area contributed by atoms with Crippen LogP contribution in [0.5, 0.6) is 5.75 Å². The maximum Gasteiger partial charge on any atom is 0.126 e. The SMILES string of the molecule is Cc1cc(C(=N)c2cc(OCc3c(Cl)cncc3Cl)ccc2N)cnc1N. The van der Waals surface area contributed by atoms with Crippen molar-refractivity contribution in [2.45, 2.75) is 13.5 Å². The first kappa shape index (κ1) is 18.9. The van der Waals surface area contributed by atoms with Crippen molar-refractivity contribution in [3.8, 4) is 5.75 Å². The van der Waals surface area contributed by atoms with Crippen molar-refractivity contribution in [2.75, 3.05) is 11.5 Å². The molecule has 138 valence electrons. The van der Waals surface area contributed by atoms with Gasteiger partial charge >= 0.3 is 0 Å². The molecule has 0 bridgehead atoms. The van der Waals surface area contributed by atoms with Gasteiger partial charge in [-0.3, -0.25) is 10.4 Å². The lowest BCUT2D eigenvalue weighted by molar-refractivity contribution is 0.306. The molecular formula is C19H17Cl2N5O. The molecule has 0 amide bonds. The Bertz CT molecular complexity index is 1000. The zero-order valence-electron chi connectivity index (χ0n) is 14.5. The zero-order valence-corrected chi connectivity index (χ0v) is 16.0. The molecule has 27 heavy (non-hydrogen) atoms. The third-order valence-electron chi connectivity index (χ3n) is 4.04. The number of benzene rings is 1. The Morgan fingerprint density at radius 3 is 2.48 bits per heavy atom. The average Bonchev–Trinajstić information content (AvgIpc) is 2.64. The van der Waals surface area contributed by atoms with Crippen molar-refractivity contribution >= 4 is 40.4 Å². The summed E-state index contributed by atoms with van der Waals surface area (Å²) in [7, 11) is 0. The number of rotatable bonds is 5. The fraction of sp³-hybridized carbons (Fsp3) is 0.105. The van der Waals surface area contributed by atoms with Crippen molar-refractivity contribution in [2.24, 2.45) is 0 Å². The quantitative estimate of drug-likeness (QED) is 0.436. The van der Waals surface area contributed by atoms with Crippen LogP contribution in [0, 0.1) is 12.3 Å². The predicted octanol–water partition coefficient (Wildman–Crippen LogP) is 4.25. The predicted molar refractivity (Wildman–Crippen MR) is 109 cm³/mol. The highest BCUT2D eigenvalue weighted by Gasteiger charge is 2.13. The third-order valence-corrected chi connectivity index (χ3v) is 4.69. The van der Waals surface area contributed by atoms with Gasteiger partial charge in [0.05, 0.1) is 15.8 Å². The van der Waals surface area contributed by atoms with Gasteiger partial charge in [0.1, 0.15) is 18.2 Å². The molecular weight excluding hydrogens is 385 g/mol. The van der Waals surface area contributed by atoms with Gasteiger partial charge in [-0.1, -0.05) is 23.2 Å². The molecule has 6 nitrogen and oxygen atoms in total. The summed E-state index contributed by atoms with van der Waals surface area (Å²) in [5.41, 5.74) is 15.1. The Morgan fingerprint density at radius 1 is 1.11 bits per heavy atom. The lowest BCUT2D eigenvalue weighted by Gasteiger charge is -2.13. The minimum Gasteiger partial charge on any atom is -0.489 e. The minimum atomic E-state index is 0.166. The molecule has 0 fully saturated rings. The topological polar surface area (TPSA) is 111 Å². The van der Waals surface area contributed by atoms with Gasteiger partial charge in [0, 0.05) is 41.0 Å². The van der Waals surface area contributed by atoms with E-state index in [2.05, 4.69) is 9.97 Å².